The highest BCUT2D eigenvalue weighted by atomic mass is 19.1. The third kappa shape index (κ3) is 2.67. The van der Waals surface area contributed by atoms with Crippen LogP contribution < -0.4 is 0 Å². The monoisotopic (exact) mass is 251 g/mol. The highest BCUT2D eigenvalue weighted by molar-refractivity contribution is 5.95. The number of nitrogens with zero attached hydrogens (tertiary/aromatic N) is 1. The molecule has 1 aromatic carbocycles. The maximum atomic E-state index is 13.2. The molecule has 0 unspecified atom stereocenters. The summed E-state index contributed by atoms with van der Waals surface area (Å²) in [5.41, 5.74) is 1.02. The summed E-state index contributed by atoms with van der Waals surface area (Å²) < 4.78 is 13.2. The van der Waals surface area contributed by atoms with Gasteiger partial charge < -0.3 is 10.0 Å². The number of carboxylic acid groups (broad SMARTS) is 1. The fourth-order valence-electron chi connectivity index (χ4n) is 2.15. The lowest BCUT2D eigenvalue weighted by atomic mass is 9.95. The molecule has 1 aliphatic heterocycles. The largest absolute Gasteiger partial charge is 0.481 e. The second-order valence-electron chi connectivity index (χ2n) is 4.69. The number of aliphatic carboxylic acids is 1. The number of hydrogen-bond acceptors (Lipinski definition) is 2. The highest BCUT2D eigenvalue weighted by Gasteiger charge is 2.32. The van der Waals surface area contributed by atoms with Crippen LogP contribution in [-0.4, -0.2) is 35.0 Å². The van der Waals surface area contributed by atoms with Crippen molar-refractivity contribution >= 4 is 11.9 Å². The molecule has 0 radical (unpaired) electrons. The zero-order valence-corrected chi connectivity index (χ0v) is 10.0. The second kappa shape index (κ2) is 4.76. The summed E-state index contributed by atoms with van der Waals surface area (Å²) in [4.78, 5) is 24.0. The average Bonchev–Trinajstić information content (AvgIpc) is 2.20. The van der Waals surface area contributed by atoms with E-state index in [0.717, 1.165) is 0 Å². The molecule has 1 aliphatic rings. The number of carbonyl (C=O) groups excluding carboxylic acids is 1. The zero-order chi connectivity index (χ0) is 13.3. The molecule has 1 saturated heterocycles. The van der Waals surface area contributed by atoms with E-state index < -0.39 is 11.8 Å². The van der Waals surface area contributed by atoms with E-state index in [9.17, 15) is 14.0 Å². The molecule has 0 bridgehead atoms. The molecule has 0 aromatic heterocycles. The molecule has 0 aliphatic carbocycles. The Morgan fingerprint density at radius 3 is 2.61 bits per heavy atom. The first kappa shape index (κ1) is 12.5. The molecule has 4 nitrogen and oxygen atoms in total. The first-order valence-corrected chi connectivity index (χ1v) is 5.74. The zero-order valence-electron chi connectivity index (χ0n) is 10.0. The summed E-state index contributed by atoms with van der Waals surface area (Å²) in [5, 5.41) is 8.61. The normalized spacial score (nSPS) is 15.3. The molecule has 18 heavy (non-hydrogen) atoms. The number of amides is 1. The number of likely N-dealkylation sites (tertiary alicyclic amines) is 1. The summed E-state index contributed by atoms with van der Waals surface area (Å²) in [7, 11) is 0. The molecule has 0 atom stereocenters. The summed E-state index contributed by atoms with van der Waals surface area (Å²) in [6, 6.07) is 4.20. The van der Waals surface area contributed by atoms with Gasteiger partial charge in [-0.05, 0) is 30.7 Å². The van der Waals surface area contributed by atoms with Gasteiger partial charge in [-0.15, -0.1) is 0 Å². The molecule has 0 saturated carbocycles. The van der Waals surface area contributed by atoms with Gasteiger partial charge in [0.2, 0.25) is 0 Å². The van der Waals surface area contributed by atoms with Gasteiger partial charge >= 0.3 is 5.97 Å². The molecule has 0 spiro atoms. The lowest BCUT2D eigenvalue weighted by molar-refractivity contribution is -0.139. The average molecular weight is 251 g/mol. The Balaban J connectivity index is 1.99. The van der Waals surface area contributed by atoms with Crippen LogP contribution in [0.4, 0.5) is 4.39 Å². The minimum atomic E-state index is -0.853. The van der Waals surface area contributed by atoms with E-state index in [-0.39, 0.29) is 18.2 Å². The van der Waals surface area contributed by atoms with E-state index in [2.05, 4.69) is 0 Å². The fraction of sp³-hybridized carbons (Fsp3) is 0.385. The van der Waals surface area contributed by atoms with Crippen molar-refractivity contribution in [2.45, 2.75) is 13.3 Å². The quantitative estimate of drug-likeness (QED) is 0.889. The van der Waals surface area contributed by atoms with Gasteiger partial charge in [0.15, 0.2) is 0 Å². The van der Waals surface area contributed by atoms with E-state index in [0.29, 0.717) is 24.2 Å². The lowest BCUT2D eigenvalue weighted by Gasteiger charge is -2.38. The van der Waals surface area contributed by atoms with Crippen LogP contribution in [0.3, 0.4) is 0 Å². The molecular weight excluding hydrogens is 237 g/mol. The Bertz CT molecular complexity index is 475. The van der Waals surface area contributed by atoms with E-state index in [1.165, 1.54) is 12.1 Å². The van der Waals surface area contributed by atoms with Crippen LogP contribution in [0.15, 0.2) is 18.2 Å². The fourth-order valence-corrected chi connectivity index (χ4v) is 2.15. The molecular formula is C13H14FNO3. The predicted octanol–water partition coefficient (Wildman–Crippen LogP) is 1.68. The SMILES string of the molecule is Cc1cc(F)cc(C(=O)N2CC(CC(=O)O)C2)c1. The van der Waals surface area contributed by atoms with Crippen LogP contribution >= 0.6 is 0 Å². The molecule has 1 N–H and O–H groups in total. The Hall–Kier alpha value is -1.91. The third-order valence-corrected chi connectivity index (χ3v) is 3.00. The maximum Gasteiger partial charge on any atom is 0.303 e. The molecule has 1 fully saturated rings. The number of carboxylic acids is 1. The Labute approximate surface area is 104 Å². The van der Waals surface area contributed by atoms with Crippen molar-refractivity contribution in [1.82, 2.24) is 4.90 Å². The van der Waals surface area contributed by atoms with Crippen molar-refractivity contribution in [3.05, 3.63) is 35.1 Å². The van der Waals surface area contributed by atoms with Crippen LogP contribution in [0, 0.1) is 18.7 Å². The van der Waals surface area contributed by atoms with Crippen LogP contribution in [0.25, 0.3) is 0 Å². The summed E-state index contributed by atoms with van der Waals surface area (Å²) in [5.74, 6) is -1.50. The van der Waals surface area contributed by atoms with E-state index in [1.807, 2.05) is 0 Å². The van der Waals surface area contributed by atoms with Gasteiger partial charge in [0.05, 0.1) is 6.42 Å². The molecule has 5 heteroatoms. The Morgan fingerprint density at radius 2 is 2.06 bits per heavy atom. The van der Waals surface area contributed by atoms with E-state index in [4.69, 9.17) is 5.11 Å². The standard InChI is InChI=1S/C13H14FNO3/c1-8-2-10(5-11(14)3-8)13(18)15-6-9(7-15)4-12(16)17/h2-3,5,9H,4,6-7H2,1H3,(H,16,17). The van der Waals surface area contributed by atoms with Crippen molar-refractivity contribution in [1.29, 1.82) is 0 Å². The van der Waals surface area contributed by atoms with E-state index >= 15 is 0 Å². The number of halogens is 1. The summed E-state index contributed by atoms with van der Waals surface area (Å²) >= 11 is 0. The number of hydrogen-bond donors (Lipinski definition) is 1. The van der Waals surface area contributed by atoms with Crippen LogP contribution in [0.1, 0.15) is 22.3 Å². The summed E-state index contributed by atoms with van der Waals surface area (Å²) in [6.07, 6.45) is 0.0754. The van der Waals surface area contributed by atoms with Crippen molar-refractivity contribution in [2.24, 2.45) is 5.92 Å². The maximum absolute atomic E-state index is 13.2. The summed E-state index contributed by atoms with van der Waals surface area (Å²) in [6.45, 7) is 2.59. The number of carbonyl (C=O) groups is 2. The number of aryl methyl sites for hydroxylation is 1. The first-order valence-electron chi connectivity index (χ1n) is 5.74. The lowest BCUT2D eigenvalue weighted by Crippen LogP contribution is -2.50. The molecule has 1 heterocycles. The van der Waals surface area contributed by atoms with Crippen LogP contribution in [-0.2, 0) is 4.79 Å². The Kier molecular flexibility index (Phi) is 3.32. The van der Waals surface area contributed by atoms with Gasteiger partial charge in [-0.3, -0.25) is 9.59 Å². The Morgan fingerprint density at radius 1 is 1.39 bits per heavy atom. The number of rotatable bonds is 3. The molecule has 96 valence electrons. The van der Waals surface area contributed by atoms with Gasteiger partial charge in [-0.1, -0.05) is 0 Å². The van der Waals surface area contributed by atoms with Crippen molar-refractivity contribution in [2.75, 3.05) is 13.1 Å². The predicted molar refractivity (Wildman–Crippen MR) is 62.8 cm³/mol. The topological polar surface area (TPSA) is 57.6 Å². The van der Waals surface area contributed by atoms with Crippen LogP contribution in [0.2, 0.25) is 0 Å². The van der Waals surface area contributed by atoms with Gasteiger partial charge in [-0.25, -0.2) is 4.39 Å². The van der Waals surface area contributed by atoms with Gasteiger partial charge in [0, 0.05) is 24.6 Å². The molecule has 1 amide bonds. The minimum Gasteiger partial charge on any atom is -0.481 e. The third-order valence-electron chi connectivity index (χ3n) is 3.00. The van der Waals surface area contributed by atoms with Gasteiger partial charge in [0.1, 0.15) is 5.82 Å². The highest BCUT2D eigenvalue weighted by Crippen LogP contribution is 2.22. The number of benzene rings is 1. The molecule has 2 rings (SSSR count). The minimum absolute atomic E-state index is 0.0149. The van der Waals surface area contributed by atoms with Gasteiger partial charge in [0.25, 0.3) is 5.91 Å². The smallest absolute Gasteiger partial charge is 0.303 e. The van der Waals surface area contributed by atoms with Crippen molar-refractivity contribution in [3.8, 4) is 0 Å². The van der Waals surface area contributed by atoms with E-state index in [1.54, 1.807) is 17.9 Å². The van der Waals surface area contributed by atoms with Crippen molar-refractivity contribution < 1.29 is 19.1 Å². The van der Waals surface area contributed by atoms with Crippen molar-refractivity contribution in [3.63, 3.8) is 0 Å². The van der Waals surface area contributed by atoms with Gasteiger partial charge in [-0.2, -0.15) is 0 Å². The molecule has 1 aromatic rings. The second-order valence-corrected chi connectivity index (χ2v) is 4.69. The van der Waals surface area contributed by atoms with Crippen LogP contribution in [0.5, 0.6) is 0 Å². The first-order chi connectivity index (χ1) is 8.45.